The first-order valence-corrected chi connectivity index (χ1v) is 14.1. The Balaban J connectivity index is -0.00000480. The molecule has 210 valence electrons. The quantitative estimate of drug-likeness (QED) is 0.0914. The predicted molar refractivity (Wildman–Crippen MR) is 142 cm³/mol. The molecule has 3 N–H and O–H groups in total. The van der Waals surface area contributed by atoms with E-state index in [1.54, 1.807) is 0 Å². The van der Waals surface area contributed by atoms with Crippen LogP contribution in [0.5, 0.6) is 0 Å². The highest BCUT2D eigenvalue weighted by molar-refractivity contribution is 4.68. The third-order valence-electron chi connectivity index (χ3n) is 6.73. The van der Waals surface area contributed by atoms with Gasteiger partial charge in [-0.1, -0.05) is 110 Å². The van der Waals surface area contributed by atoms with E-state index in [-0.39, 0.29) is 28.7 Å². The molecule has 0 aromatic carbocycles. The van der Waals surface area contributed by atoms with Gasteiger partial charge in [0.15, 0.2) is 0 Å². The van der Waals surface area contributed by atoms with Crippen LogP contribution < -0.4 is 0 Å². The summed E-state index contributed by atoms with van der Waals surface area (Å²) in [6, 6.07) is 0.229. The highest BCUT2D eigenvalue weighted by atomic mass is 19.0. The molecule has 0 radical (unpaired) electrons. The molecular formula is C27H60F2N2O3. The van der Waals surface area contributed by atoms with Crippen molar-refractivity contribution in [1.29, 1.82) is 0 Å². The third kappa shape index (κ3) is 24.8. The van der Waals surface area contributed by atoms with Gasteiger partial charge in [-0.25, -0.2) is 0 Å². The van der Waals surface area contributed by atoms with Crippen LogP contribution in [-0.2, 0) is 0 Å². The number of aliphatic hydroxyl groups is 2. The molecule has 1 unspecified atom stereocenters. The first-order valence-electron chi connectivity index (χ1n) is 14.1. The monoisotopic (exact) mass is 498 g/mol. The number of halogens is 2. The van der Waals surface area contributed by atoms with E-state index in [4.69, 9.17) is 10.2 Å². The van der Waals surface area contributed by atoms with Gasteiger partial charge in [0.1, 0.15) is 0 Å². The summed E-state index contributed by atoms with van der Waals surface area (Å²) in [5, 5.41) is 30.0. The van der Waals surface area contributed by atoms with Gasteiger partial charge in [-0.3, -0.25) is 14.3 Å². The van der Waals surface area contributed by atoms with E-state index < -0.39 is 0 Å². The van der Waals surface area contributed by atoms with Crippen LogP contribution in [0.2, 0.25) is 0 Å². The van der Waals surface area contributed by atoms with Crippen LogP contribution in [-0.4, -0.2) is 70.8 Å². The zero-order valence-corrected chi connectivity index (χ0v) is 22.6. The van der Waals surface area contributed by atoms with Gasteiger partial charge in [0.25, 0.3) is 0 Å². The van der Waals surface area contributed by atoms with Crippen LogP contribution in [0.1, 0.15) is 129 Å². The summed E-state index contributed by atoms with van der Waals surface area (Å²) in [5.74, 6) is 0. The fourth-order valence-corrected chi connectivity index (χ4v) is 4.62. The first kappa shape index (κ1) is 38.2. The van der Waals surface area contributed by atoms with Crippen LogP contribution in [0.25, 0.3) is 0 Å². The maximum atomic E-state index is 10.2. The number of rotatable bonds is 26. The van der Waals surface area contributed by atoms with E-state index in [0.29, 0.717) is 19.6 Å². The number of unbranched alkanes of at least 4 members (excludes halogenated alkanes) is 14. The van der Waals surface area contributed by atoms with Crippen molar-refractivity contribution in [1.82, 2.24) is 9.96 Å². The molecule has 0 aromatic rings. The average molecular weight is 499 g/mol. The number of aliphatic hydroxyl groups excluding tert-OH is 2. The molecule has 0 aliphatic rings. The maximum absolute atomic E-state index is 10.2. The third-order valence-corrected chi connectivity index (χ3v) is 6.73. The number of hydrogen-bond donors (Lipinski definition) is 3. The molecule has 34 heavy (non-hydrogen) atoms. The molecule has 0 heterocycles. The predicted octanol–water partition coefficient (Wildman–Crippen LogP) is 6.70. The van der Waals surface area contributed by atoms with Gasteiger partial charge in [-0.05, 0) is 25.8 Å². The lowest BCUT2D eigenvalue weighted by molar-refractivity contribution is -0.127. The Morgan fingerprint density at radius 2 is 0.912 bits per heavy atom. The SMILES string of the molecule is CCCCCCCCCCCCCCCCCC(CCCN(CCO)CCO)N(O)CC.F.F. The van der Waals surface area contributed by atoms with Crippen LogP contribution in [0.3, 0.4) is 0 Å². The van der Waals surface area contributed by atoms with Crippen molar-refractivity contribution in [2.24, 2.45) is 0 Å². The molecule has 0 saturated carbocycles. The van der Waals surface area contributed by atoms with Crippen molar-refractivity contribution in [2.75, 3.05) is 39.4 Å². The smallest absolute Gasteiger partial charge is 0.0558 e. The largest absolute Gasteiger partial charge is 0.395 e. The molecule has 0 rings (SSSR count). The molecule has 0 aliphatic heterocycles. The van der Waals surface area contributed by atoms with Gasteiger partial charge in [0, 0.05) is 25.7 Å². The molecule has 0 aliphatic carbocycles. The summed E-state index contributed by atoms with van der Waals surface area (Å²) < 4.78 is 0. The molecule has 0 bridgehead atoms. The van der Waals surface area contributed by atoms with Crippen molar-refractivity contribution in [3.63, 3.8) is 0 Å². The molecule has 0 saturated heterocycles. The minimum Gasteiger partial charge on any atom is -0.395 e. The summed E-state index contributed by atoms with van der Waals surface area (Å²) in [6.45, 7) is 7.30. The summed E-state index contributed by atoms with van der Waals surface area (Å²) in [4.78, 5) is 2.10. The first-order chi connectivity index (χ1) is 15.7. The average Bonchev–Trinajstić information content (AvgIpc) is 2.80. The zero-order chi connectivity index (χ0) is 23.7. The molecule has 7 heteroatoms. The molecular weight excluding hydrogens is 438 g/mol. The van der Waals surface area contributed by atoms with Gasteiger partial charge < -0.3 is 15.4 Å². The van der Waals surface area contributed by atoms with Gasteiger partial charge in [0.2, 0.25) is 0 Å². The second-order valence-electron chi connectivity index (χ2n) is 9.58. The van der Waals surface area contributed by atoms with Crippen molar-refractivity contribution in [3.05, 3.63) is 0 Å². The van der Waals surface area contributed by atoms with E-state index in [2.05, 4.69) is 11.8 Å². The lowest BCUT2D eigenvalue weighted by Crippen LogP contribution is -2.35. The number of nitrogens with zero attached hydrogens (tertiary/aromatic N) is 2. The Bertz CT molecular complexity index is 363. The standard InChI is InChI=1S/C27H58N2O3.2FH/c1-3-5-6-7-8-9-10-11-12-13-14-15-16-17-18-20-27(29(32)4-2)21-19-22-28(23-25-30)24-26-31;;/h27,30-32H,3-26H2,1-2H3;2*1H. The second-order valence-corrected chi connectivity index (χ2v) is 9.58. The fourth-order valence-electron chi connectivity index (χ4n) is 4.62. The van der Waals surface area contributed by atoms with Crippen molar-refractivity contribution >= 4 is 0 Å². The number of hydroxylamine groups is 2. The van der Waals surface area contributed by atoms with Crippen molar-refractivity contribution < 1.29 is 24.8 Å². The summed E-state index contributed by atoms with van der Waals surface area (Å²) in [6.07, 6.45) is 23.7. The summed E-state index contributed by atoms with van der Waals surface area (Å²) >= 11 is 0. The molecule has 0 fully saturated rings. The maximum Gasteiger partial charge on any atom is 0.0558 e. The van der Waals surface area contributed by atoms with Crippen LogP contribution in [0.15, 0.2) is 0 Å². The van der Waals surface area contributed by atoms with Crippen molar-refractivity contribution in [3.8, 4) is 0 Å². The minimum atomic E-state index is 0. The van der Waals surface area contributed by atoms with E-state index in [1.807, 2.05) is 6.92 Å². The Kier molecular flexibility index (Phi) is 34.5. The highest BCUT2D eigenvalue weighted by Crippen LogP contribution is 2.17. The lowest BCUT2D eigenvalue weighted by atomic mass is 10.0. The molecule has 1 atom stereocenters. The van der Waals surface area contributed by atoms with Gasteiger partial charge in [0.05, 0.1) is 13.2 Å². The summed E-state index contributed by atoms with van der Waals surface area (Å²) in [7, 11) is 0. The van der Waals surface area contributed by atoms with E-state index in [9.17, 15) is 5.21 Å². The van der Waals surface area contributed by atoms with Gasteiger partial charge in [-0.2, -0.15) is 5.06 Å². The van der Waals surface area contributed by atoms with Gasteiger partial charge in [-0.15, -0.1) is 0 Å². The Hall–Kier alpha value is -0.340. The van der Waals surface area contributed by atoms with Crippen LogP contribution in [0.4, 0.5) is 9.41 Å². The van der Waals surface area contributed by atoms with E-state index in [0.717, 1.165) is 25.8 Å². The number of hydrogen-bond acceptors (Lipinski definition) is 5. The Morgan fingerprint density at radius 1 is 0.529 bits per heavy atom. The van der Waals surface area contributed by atoms with E-state index >= 15 is 0 Å². The Labute approximate surface area is 210 Å². The molecule has 0 spiro atoms. The molecule has 5 nitrogen and oxygen atoms in total. The lowest BCUT2D eigenvalue weighted by Gasteiger charge is -2.27. The fraction of sp³-hybridized carbons (Fsp3) is 1.00. The Morgan fingerprint density at radius 3 is 1.29 bits per heavy atom. The minimum absolute atomic E-state index is 0. The highest BCUT2D eigenvalue weighted by Gasteiger charge is 2.15. The molecule has 0 amide bonds. The van der Waals surface area contributed by atoms with Crippen molar-refractivity contribution in [2.45, 2.75) is 135 Å². The summed E-state index contributed by atoms with van der Waals surface area (Å²) in [5.41, 5.74) is 0. The normalized spacial score (nSPS) is 12.1. The van der Waals surface area contributed by atoms with E-state index in [1.165, 1.54) is 101 Å². The topological polar surface area (TPSA) is 67.2 Å². The zero-order valence-electron chi connectivity index (χ0n) is 22.6. The molecule has 0 aromatic heterocycles. The van der Waals surface area contributed by atoms with Crippen LogP contribution in [0, 0.1) is 0 Å². The van der Waals surface area contributed by atoms with Gasteiger partial charge >= 0.3 is 0 Å². The van der Waals surface area contributed by atoms with Crippen LogP contribution >= 0.6 is 0 Å². The second kappa shape index (κ2) is 30.7.